The second kappa shape index (κ2) is 5.95. The van der Waals surface area contributed by atoms with E-state index in [1.165, 1.54) is 6.20 Å². The van der Waals surface area contributed by atoms with Crippen molar-refractivity contribution in [2.45, 2.75) is 6.92 Å². The van der Waals surface area contributed by atoms with Crippen LogP contribution in [0.25, 0.3) is 5.57 Å². The van der Waals surface area contributed by atoms with E-state index in [4.69, 9.17) is 5.26 Å². The minimum absolute atomic E-state index is 0.247. The highest BCUT2D eigenvalue weighted by molar-refractivity contribution is 9.11. The van der Waals surface area contributed by atoms with Gasteiger partial charge in [0.05, 0.1) is 5.69 Å². The van der Waals surface area contributed by atoms with Crippen LogP contribution in [-0.4, -0.2) is 20.6 Å². The zero-order chi connectivity index (χ0) is 13.8. The number of nitrogens with zero attached hydrogens (tertiary/aromatic N) is 4. The molecule has 0 aliphatic carbocycles. The number of tetrazole rings is 1. The van der Waals surface area contributed by atoms with Crippen molar-refractivity contribution < 1.29 is 0 Å². The largest absolute Gasteiger partial charge is 0.359 e. The quantitative estimate of drug-likeness (QED) is 0.795. The van der Waals surface area contributed by atoms with Crippen molar-refractivity contribution in [2.75, 3.05) is 5.32 Å². The summed E-state index contributed by atoms with van der Waals surface area (Å²) in [7, 11) is 0. The van der Waals surface area contributed by atoms with Crippen LogP contribution in [0.3, 0.4) is 0 Å². The molecule has 0 saturated carbocycles. The highest BCUT2D eigenvalue weighted by Crippen LogP contribution is 2.29. The van der Waals surface area contributed by atoms with Crippen molar-refractivity contribution in [3.63, 3.8) is 0 Å². The van der Waals surface area contributed by atoms with E-state index in [1.807, 2.05) is 25.1 Å². The Labute approximate surface area is 126 Å². The van der Waals surface area contributed by atoms with Gasteiger partial charge in [-0.15, -0.1) is 10.2 Å². The Hall–Kier alpha value is -1.72. The fourth-order valence-corrected chi connectivity index (χ4v) is 2.25. The molecule has 6 nitrogen and oxygen atoms in total. The van der Waals surface area contributed by atoms with Gasteiger partial charge in [-0.25, -0.2) is 0 Å². The molecule has 2 rings (SSSR count). The van der Waals surface area contributed by atoms with Crippen molar-refractivity contribution >= 4 is 43.1 Å². The Balaban J connectivity index is 2.27. The lowest BCUT2D eigenvalue weighted by Gasteiger charge is -2.07. The van der Waals surface area contributed by atoms with Crippen LogP contribution in [0.5, 0.6) is 0 Å². The first kappa shape index (κ1) is 13.7. The van der Waals surface area contributed by atoms with Gasteiger partial charge in [-0.1, -0.05) is 15.9 Å². The van der Waals surface area contributed by atoms with Crippen LogP contribution in [0.1, 0.15) is 11.4 Å². The minimum Gasteiger partial charge on any atom is -0.359 e. The SMILES string of the molecule is Cc1cc(Br)c(NC=C(C#N)c2nn[nH]n2)cc1Br. The number of anilines is 1. The van der Waals surface area contributed by atoms with E-state index in [0.29, 0.717) is 0 Å². The van der Waals surface area contributed by atoms with E-state index < -0.39 is 0 Å². The first-order valence-electron chi connectivity index (χ1n) is 5.18. The summed E-state index contributed by atoms with van der Waals surface area (Å²) < 4.78 is 1.87. The van der Waals surface area contributed by atoms with E-state index in [2.05, 4.69) is 57.8 Å². The minimum atomic E-state index is 0.247. The number of nitrogens with one attached hydrogen (secondary N) is 2. The summed E-state index contributed by atoms with van der Waals surface area (Å²) in [5, 5.41) is 25.3. The Kier molecular flexibility index (Phi) is 4.29. The number of rotatable bonds is 3. The summed E-state index contributed by atoms with van der Waals surface area (Å²) in [4.78, 5) is 0. The number of aryl methyl sites for hydroxylation is 1. The summed E-state index contributed by atoms with van der Waals surface area (Å²) >= 11 is 6.91. The second-order valence-corrected chi connectivity index (χ2v) is 5.34. The molecule has 0 atom stereocenters. The molecule has 0 radical (unpaired) electrons. The van der Waals surface area contributed by atoms with Crippen LogP contribution in [0.4, 0.5) is 5.69 Å². The molecule has 96 valence electrons. The number of aromatic amines is 1. The average Bonchev–Trinajstić information content (AvgIpc) is 2.90. The van der Waals surface area contributed by atoms with Crippen molar-refractivity contribution in [2.24, 2.45) is 0 Å². The molecular weight excluding hydrogens is 376 g/mol. The predicted molar refractivity (Wildman–Crippen MR) is 78.0 cm³/mol. The second-order valence-electron chi connectivity index (χ2n) is 3.63. The number of aromatic nitrogens is 4. The lowest BCUT2D eigenvalue weighted by molar-refractivity contribution is 0.881. The zero-order valence-corrected chi connectivity index (χ0v) is 12.9. The standard InChI is InChI=1S/C11H8Br2N6/c1-6-2-9(13)10(3-8(6)12)15-5-7(4-14)11-16-18-19-17-11/h2-3,5,15H,1H3,(H,16,17,18,19). The van der Waals surface area contributed by atoms with Gasteiger partial charge in [0.1, 0.15) is 11.6 Å². The molecule has 1 heterocycles. The molecule has 19 heavy (non-hydrogen) atoms. The van der Waals surface area contributed by atoms with Gasteiger partial charge in [-0.3, -0.25) is 0 Å². The molecular formula is C11H8Br2N6. The maximum Gasteiger partial charge on any atom is 0.216 e. The van der Waals surface area contributed by atoms with Crippen LogP contribution in [-0.2, 0) is 0 Å². The predicted octanol–water partition coefficient (Wildman–Crippen LogP) is 3.01. The summed E-state index contributed by atoms with van der Waals surface area (Å²) in [6, 6.07) is 5.90. The molecule has 2 aromatic rings. The Bertz CT molecular complexity index is 657. The molecule has 0 saturated heterocycles. The van der Waals surface area contributed by atoms with Crippen LogP contribution >= 0.6 is 31.9 Å². The number of nitriles is 1. The van der Waals surface area contributed by atoms with E-state index in [9.17, 15) is 0 Å². The van der Waals surface area contributed by atoms with Gasteiger partial charge in [0.15, 0.2) is 0 Å². The molecule has 1 aromatic carbocycles. The monoisotopic (exact) mass is 382 g/mol. The van der Waals surface area contributed by atoms with Crippen molar-refractivity contribution in [1.82, 2.24) is 20.6 Å². The Morgan fingerprint density at radius 2 is 2.21 bits per heavy atom. The maximum atomic E-state index is 9.04. The molecule has 0 fully saturated rings. The first-order valence-corrected chi connectivity index (χ1v) is 6.76. The van der Waals surface area contributed by atoms with Gasteiger partial charge in [0.2, 0.25) is 5.82 Å². The number of hydrogen-bond donors (Lipinski definition) is 2. The highest BCUT2D eigenvalue weighted by Gasteiger charge is 2.07. The van der Waals surface area contributed by atoms with E-state index in [-0.39, 0.29) is 11.4 Å². The molecule has 2 N–H and O–H groups in total. The number of allylic oxidation sites excluding steroid dienone is 1. The van der Waals surface area contributed by atoms with Crippen LogP contribution in [0.15, 0.2) is 27.3 Å². The fourth-order valence-electron chi connectivity index (χ4n) is 1.33. The highest BCUT2D eigenvalue weighted by atomic mass is 79.9. The van der Waals surface area contributed by atoms with Gasteiger partial charge < -0.3 is 5.32 Å². The molecule has 8 heteroatoms. The van der Waals surface area contributed by atoms with Crippen molar-refractivity contribution in [3.05, 3.63) is 38.7 Å². The topological polar surface area (TPSA) is 90.3 Å². The first-order chi connectivity index (χ1) is 9.11. The number of H-pyrrole nitrogens is 1. The summed E-state index contributed by atoms with van der Waals surface area (Å²) in [6.45, 7) is 1.99. The summed E-state index contributed by atoms with van der Waals surface area (Å²) in [5.74, 6) is 0.247. The zero-order valence-electron chi connectivity index (χ0n) is 9.78. The van der Waals surface area contributed by atoms with E-state index in [1.54, 1.807) is 0 Å². The van der Waals surface area contributed by atoms with Crippen LogP contribution in [0, 0.1) is 18.3 Å². The van der Waals surface area contributed by atoms with Crippen molar-refractivity contribution in [3.8, 4) is 6.07 Å². The lowest BCUT2D eigenvalue weighted by atomic mass is 10.2. The molecule has 0 aliphatic heterocycles. The summed E-state index contributed by atoms with van der Waals surface area (Å²) in [5.41, 5.74) is 2.23. The fraction of sp³-hybridized carbons (Fsp3) is 0.0909. The normalized spacial score (nSPS) is 11.2. The van der Waals surface area contributed by atoms with E-state index >= 15 is 0 Å². The number of hydrogen-bond acceptors (Lipinski definition) is 5. The number of halogens is 2. The summed E-state index contributed by atoms with van der Waals surface area (Å²) in [6.07, 6.45) is 1.53. The molecule has 0 unspecified atom stereocenters. The molecule has 0 amide bonds. The number of benzene rings is 1. The average molecular weight is 384 g/mol. The Morgan fingerprint density at radius 3 is 2.84 bits per heavy atom. The smallest absolute Gasteiger partial charge is 0.216 e. The van der Waals surface area contributed by atoms with Gasteiger partial charge in [-0.2, -0.15) is 10.5 Å². The Morgan fingerprint density at radius 1 is 1.42 bits per heavy atom. The van der Waals surface area contributed by atoms with Gasteiger partial charge in [-0.05, 0) is 45.8 Å². The maximum absolute atomic E-state index is 9.04. The molecule has 0 bridgehead atoms. The molecule has 1 aromatic heterocycles. The molecule has 0 aliphatic rings. The van der Waals surface area contributed by atoms with E-state index in [0.717, 1.165) is 20.2 Å². The lowest BCUT2D eigenvalue weighted by Crippen LogP contribution is -1.94. The van der Waals surface area contributed by atoms with Gasteiger partial charge in [0.25, 0.3) is 0 Å². The van der Waals surface area contributed by atoms with Gasteiger partial charge in [0, 0.05) is 15.1 Å². The molecule has 0 spiro atoms. The van der Waals surface area contributed by atoms with Crippen LogP contribution < -0.4 is 5.32 Å². The van der Waals surface area contributed by atoms with Gasteiger partial charge >= 0.3 is 0 Å². The third-order valence-corrected chi connectivity index (χ3v) is 3.84. The van der Waals surface area contributed by atoms with Crippen LogP contribution in [0.2, 0.25) is 0 Å². The van der Waals surface area contributed by atoms with Crippen molar-refractivity contribution in [1.29, 1.82) is 5.26 Å². The third-order valence-electron chi connectivity index (χ3n) is 2.33. The third kappa shape index (κ3) is 3.19.